The summed E-state index contributed by atoms with van der Waals surface area (Å²) < 4.78 is 44.7. The van der Waals surface area contributed by atoms with Crippen molar-refractivity contribution in [2.75, 3.05) is 0 Å². The van der Waals surface area contributed by atoms with Crippen molar-refractivity contribution in [3.8, 4) is 17.1 Å². The van der Waals surface area contributed by atoms with Crippen LogP contribution in [-0.4, -0.2) is 17.3 Å². The topological polar surface area (TPSA) is 75.4 Å². The molecule has 0 atom stereocenters. The molecule has 2 rings (SSSR count). The van der Waals surface area contributed by atoms with Crippen molar-refractivity contribution in [3.63, 3.8) is 0 Å². The van der Waals surface area contributed by atoms with Crippen LogP contribution in [0.15, 0.2) is 34.9 Å². The molecule has 0 aliphatic rings. The first-order valence-electron chi connectivity index (χ1n) is 4.88. The minimum absolute atomic E-state index is 0. The summed E-state index contributed by atoms with van der Waals surface area (Å²) >= 11 is 0. The molecule has 0 radical (unpaired) electrons. The Hall–Kier alpha value is -1.91. The van der Waals surface area contributed by atoms with Gasteiger partial charge in [-0.3, -0.25) is 0 Å². The number of carbonyl (C=O) groups excluding carboxylic acids is 1. The van der Waals surface area contributed by atoms with Gasteiger partial charge in [0.2, 0.25) is 5.89 Å². The van der Waals surface area contributed by atoms with Gasteiger partial charge in [-0.25, -0.2) is 4.98 Å². The number of ether oxygens (including phenoxy) is 1. The van der Waals surface area contributed by atoms with Gasteiger partial charge in [0.1, 0.15) is 11.7 Å². The summed E-state index contributed by atoms with van der Waals surface area (Å²) in [5.74, 6) is -2.73. The van der Waals surface area contributed by atoms with Crippen LogP contribution in [0.1, 0.15) is 10.7 Å². The predicted molar refractivity (Wildman–Crippen MR) is 53.0 cm³/mol. The van der Waals surface area contributed by atoms with Crippen LogP contribution in [-0.2, 0) is 0 Å². The molecule has 0 N–H and O–H groups in total. The minimum atomic E-state index is -4.81. The second-order valence-electron chi connectivity index (χ2n) is 3.39. The van der Waals surface area contributed by atoms with Crippen molar-refractivity contribution in [1.29, 1.82) is 0 Å². The third kappa shape index (κ3) is 4.05. The fourth-order valence-electron chi connectivity index (χ4n) is 1.35. The number of nitrogens with zero attached hydrogens (tertiary/aromatic N) is 1. The van der Waals surface area contributed by atoms with Gasteiger partial charge >= 0.3 is 25.2 Å². The number of carbonyl (C=O) groups is 1. The Morgan fingerprint density at radius 1 is 1.35 bits per heavy atom. The van der Waals surface area contributed by atoms with Crippen LogP contribution >= 0.6 is 0 Å². The number of rotatable bonds is 3. The predicted octanol–water partition coefficient (Wildman–Crippen LogP) is -1.39. The summed E-state index contributed by atoms with van der Waals surface area (Å²) in [6, 6.07) is 4.88. The Balaban J connectivity index is 0.00000200. The average Bonchev–Trinajstić information content (AvgIpc) is 2.76. The van der Waals surface area contributed by atoms with Gasteiger partial charge in [-0.1, -0.05) is 12.1 Å². The van der Waals surface area contributed by atoms with E-state index in [4.69, 9.17) is 4.42 Å². The quantitative estimate of drug-likeness (QED) is 0.646. The molecule has 1 heterocycles. The minimum Gasteiger partial charge on any atom is -0.540 e. The molecule has 0 amide bonds. The summed E-state index contributed by atoms with van der Waals surface area (Å²) in [6.45, 7) is 0. The Morgan fingerprint density at radius 2 is 2.05 bits per heavy atom. The largest absolute Gasteiger partial charge is 1.00 e. The Morgan fingerprint density at radius 3 is 2.60 bits per heavy atom. The summed E-state index contributed by atoms with van der Waals surface area (Å²) in [5, 5.41) is 10.5. The molecule has 9 heteroatoms. The third-order valence-corrected chi connectivity index (χ3v) is 2.03. The van der Waals surface area contributed by atoms with Gasteiger partial charge in [0, 0.05) is 5.56 Å². The van der Waals surface area contributed by atoms with Crippen molar-refractivity contribution in [1.82, 2.24) is 4.98 Å². The number of hydrogen-bond donors (Lipinski definition) is 0. The molecule has 0 saturated carbocycles. The molecule has 0 saturated heterocycles. The zero-order valence-electron chi connectivity index (χ0n) is 10.1. The number of oxazole rings is 1. The number of carboxylic acids is 1. The fraction of sp³-hybridized carbons (Fsp3) is 0.0909. The number of aromatic carboxylic acids is 1. The molecule has 1 aromatic heterocycles. The van der Waals surface area contributed by atoms with Gasteiger partial charge in [0.05, 0.1) is 6.20 Å². The number of halogens is 3. The number of hydrogen-bond acceptors (Lipinski definition) is 5. The van der Waals surface area contributed by atoms with Crippen LogP contribution in [0.25, 0.3) is 11.3 Å². The molecule has 0 unspecified atom stereocenters. The maximum absolute atomic E-state index is 12.0. The summed E-state index contributed by atoms with van der Waals surface area (Å²) in [7, 11) is 0. The van der Waals surface area contributed by atoms with Crippen LogP contribution in [0, 0.1) is 0 Å². The van der Waals surface area contributed by atoms with Crippen LogP contribution in [0.2, 0.25) is 0 Å². The van der Waals surface area contributed by atoms with Crippen molar-refractivity contribution >= 4 is 5.97 Å². The molecule has 20 heavy (non-hydrogen) atoms. The van der Waals surface area contributed by atoms with Crippen LogP contribution in [0.5, 0.6) is 5.75 Å². The monoisotopic (exact) mass is 279 g/mol. The second kappa shape index (κ2) is 6.03. The number of alkyl halides is 3. The smallest absolute Gasteiger partial charge is 0.540 e. The Kier molecular flexibility index (Phi) is 4.86. The van der Waals surface area contributed by atoms with E-state index in [2.05, 4.69) is 9.72 Å². The zero-order chi connectivity index (χ0) is 14.0. The van der Waals surface area contributed by atoms with Gasteiger partial charge in [-0.2, -0.15) is 0 Å². The Labute approximate surface area is 122 Å². The molecule has 0 aliphatic carbocycles. The zero-order valence-corrected chi connectivity index (χ0v) is 10.1. The molecule has 0 bridgehead atoms. The molecule has 0 spiro atoms. The van der Waals surface area contributed by atoms with E-state index in [0.717, 1.165) is 18.3 Å². The van der Waals surface area contributed by atoms with Gasteiger partial charge in [0.25, 0.3) is 0 Å². The molecule has 0 aliphatic heterocycles. The maximum atomic E-state index is 12.0. The van der Waals surface area contributed by atoms with Crippen LogP contribution in [0.4, 0.5) is 13.2 Å². The molecule has 5 nitrogen and oxygen atoms in total. The van der Waals surface area contributed by atoms with E-state index in [1.807, 2.05) is 0 Å². The second-order valence-corrected chi connectivity index (χ2v) is 3.39. The molecule has 100 valence electrons. The number of benzene rings is 1. The first-order chi connectivity index (χ1) is 8.85. The number of carboxylic acid groups (broad SMARTS) is 1. The van der Waals surface area contributed by atoms with Crippen molar-refractivity contribution in [3.05, 3.63) is 36.4 Å². The van der Waals surface area contributed by atoms with Gasteiger partial charge in [-0.15, -0.1) is 13.2 Å². The average molecular weight is 279 g/mol. The van der Waals surface area contributed by atoms with Gasteiger partial charge < -0.3 is 19.1 Å². The standard InChI is InChI=1S/C11H6F3NO4.Li/c12-11(13,14)19-7-3-1-2-6(4-7)8-5-15-9(18-8)10(16)17;/h1-5H,(H,16,17);/q;+1/p-1. The van der Waals surface area contributed by atoms with E-state index < -0.39 is 24.0 Å². The van der Waals surface area contributed by atoms with E-state index >= 15 is 0 Å². The molecule has 0 fully saturated rings. The normalized spacial score (nSPS) is 10.8. The van der Waals surface area contributed by atoms with Crippen LogP contribution in [0.3, 0.4) is 0 Å². The van der Waals surface area contributed by atoms with Gasteiger partial charge in [-0.05, 0) is 12.1 Å². The van der Waals surface area contributed by atoms with E-state index in [9.17, 15) is 23.1 Å². The summed E-state index contributed by atoms with van der Waals surface area (Å²) in [5.41, 5.74) is 0.196. The van der Waals surface area contributed by atoms with E-state index in [1.165, 1.54) is 12.1 Å². The van der Waals surface area contributed by atoms with E-state index in [1.54, 1.807) is 0 Å². The fourth-order valence-corrected chi connectivity index (χ4v) is 1.35. The first-order valence-corrected chi connectivity index (χ1v) is 4.88. The van der Waals surface area contributed by atoms with Crippen molar-refractivity contribution < 1.29 is 51.1 Å². The van der Waals surface area contributed by atoms with Crippen LogP contribution < -0.4 is 28.7 Å². The summed E-state index contributed by atoms with van der Waals surface area (Å²) in [4.78, 5) is 13.9. The molecular formula is C11H5F3LiNO4. The SMILES string of the molecule is O=C([O-])c1ncc(-c2cccc(OC(F)(F)F)c2)o1.[Li+]. The maximum Gasteiger partial charge on any atom is 1.00 e. The third-order valence-electron chi connectivity index (χ3n) is 2.03. The van der Waals surface area contributed by atoms with E-state index in [0.29, 0.717) is 0 Å². The Bertz CT molecular complexity index is 612. The van der Waals surface area contributed by atoms with Gasteiger partial charge in [0.15, 0.2) is 5.76 Å². The molecule has 1 aromatic carbocycles. The summed E-state index contributed by atoms with van der Waals surface area (Å²) in [6.07, 6.45) is -3.74. The number of aromatic nitrogens is 1. The van der Waals surface area contributed by atoms with Crippen molar-refractivity contribution in [2.45, 2.75) is 6.36 Å². The van der Waals surface area contributed by atoms with E-state index in [-0.39, 0.29) is 30.2 Å². The molecular weight excluding hydrogens is 274 g/mol. The first kappa shape index (κ1) is 16.1. The molecule has 2 aromatic rings. The van der Waals surface area contributed by atoms with Crippen molar-refractivity contribution in [2.24, 2.45) is 0 Å².